The molecule has 0 bridgehead atoms. The van der Waals surface area contributed by atoms with E-state index in [2.05, 4.69) is 17.5 Å². The summed E-state index contributed by atoms with van der Waals surface area (Å²) in [5.41, 5.74) is 0. The largest absolute Gasteiger partial charge is 0.388 e. The summed E-state index contributed by atoms with van der Waals surface area (Å²) in [5, 5.41) is 12.1. The molecule has 80 valence electrons. The Labute approximate surface area is 97.4 Å². The van der Waals surface area contributed by atoms with Gasteiger partial charge in [0.2, 0.25) is 0 Å². The molecule has 1 N–H and O–H groups in total. The van der Waals surface area contributed by atoms with Crippen LogP contribution in [0.5, 0.6) is 0 Å². The standard InChI is InChI=1S/C12H14OS2/c13-9(4-3-8-1-2-8)11-7-12-10(15-11)5-6-14-12/h5-9,13H,1-4H2. The first kappa shape index (κ1) is 9.82. The Morgan fingerprint density at radius 3 is 3.00 bits per heavy atom. The number of hydrogen-bond acceptors (Lipinski definition) is 3. The van der Waals surface area contributed by atoms with Gasteiger partial charge in [0.05, 0.1) is 6.10 Å². The van der Waals surface area contributed by atoms with E-state index < -0.39 is 0 Å². The van der Waals surface area contributed by atoms with Gasteiger partial charge in [-0.1, -0.05) is 12.8 Å². The number of rotatable bonds is 4. The Balaban J connectivity index is 1.71. The maximum atomic E-state index is 10.0. The number of fused-ring (bicyclic) bond motifs is 1. The van der Waals surface area contributed by atoms with Crippen LogP contribution in [0, 0.1) is 5.92 Å². The van der Waals surface area contributed by atoms with E-state index >= 15 is 0 Å². The van der Waals surface area contributed by atoms with Crippen LogP contribution in [0.1, 0.15) is 36.7 Å². The van der Waals surface area contributed by atoms with Crippen LogP contribution in [0.15, 0.2) is 17.5 Å². The zero-order valence-electron chi connectivity index (χ0n) is 8.48. The second-order valence-electron chi connectivity index (χ2n) is 4.33. The van der Waals surface area contributed by atoms with Gasteiger partial charge < -0.3 is 5.11 Å². The quantitative estimate of drug-likeness (QED) is 0.847. The van der Waals surface area contributed by atoms with Crippen molar-refractivity contribution in [3.05, 3.63) is 22.4 Å². The molecule has 1 atom stereocenters. The zero-order chi connectivity index (χ0) is 10.3. The second kappa shape index (κ2) is 3.89. The van der Waals surface area contributed by atoms with Gasteiger partial charge in [0.25, 0.3) is 0 Å². The first-order valence-corrected chi connectivity index (χ1v) is 7.17. The van der Waals surface area contributed by atoms with Crippen LogP contribution in [0.4, 0.5) is 0 Å². The molecular weight excluding hydrogens is 224 g/mol. The Kier molecular flexibility index (Phi) is 2.54. The Morgan fingerprint density at radius 1 is 1.40 bits per heavy atom. The molecule has 0 saturated heterocycles. The minimum Gasteiger partial charge on any atom is -0.388 e. The van der Waals surface area contributed by atoms with E-state index in [1.54, 1.807) is 22.7 Å². The highest BCUT2D eigenvalue weighted by Crippen LogP contribution is 2.38. The Hall–Kier alpha value is -0.380. The van der Waals surface area contributed by atoms with Crippen LogP contribution < -0.4 is 0 Å². The van der Waals surface area contributed by atoms with Crippen molar-refractivity contribution in [3.63, 3.8) is 0 Å². The van der Waals surface area contributed by atoms with Crippen LogP contribution in [-0.2, 0) is 0 Å². The molecule has 15 heavy (non-hydrogen) atoms. The molecule has 0 radical (unpaired) electrons. The van der Waals surface area contributed by atoms with Gasteiger partial charge in [-0.3, -0.25) is 0 Å². The third-order valence-corrected chi connectivity index (χ3v) is 5.23. The van der Waals surface area contributed by atoms with Crippen molar-refractivity contribution < 1.29 is 5.11 Å². The topological polar surface area (TPSA) is 20.2 Å². The minimum atomic E-state index is -0.227. The van der Waals surface area contributed by atoms with Gasteiger partial charge in [-0.25, -0.2) is 0 Å². The summed E-state index contributed by atoms with van der Waals surface area (Å²) in [7, 11) is 0. The maximum Gasteiger partial charge on any atom is 0.0882 e. The SMILES string of the molecule is OC(CCC1CC1)c1cc2sccc2s1. The molecule has 1 aliphatic carbocycles. The molecule has 1 aliphatic rings. The molecule has 1 nitrogen and oxygen atoms in total. The highest BCUT2D eigenvalue weighted by atomic mass is 32.1. The van der Waals surface area contributed by atoms with Crippen molar-refractivity contribution in [1.29, 1.82) is 0 Å². The molecule has 3 rings (SSSR count). The molecule has 2 aromatic rings. The highest BCUT2D eigenvalue weighted by Gasteiger charge is 2.22. The smallest absolute Gasteiger partial charge is 0.0882 e. The highest BCUT2D eigenvalue weighted by molar-refractivity contribution is 7.26. The van der Waals surface area contributed by atoms with Crippen LogP contribution in [-0.4, -0.2) is 5.11 Å². The van der Waals surface area contributed by atoms with E-state index in [4.69, 9.17) is 0 Å². The maximum absolute atomic E-state index is 10.0. The lowest BCUT2D eigenvalue weighted by atomic mass is 10.1. The molecular formula is C12H14OS2. The lowest BCUT2D eigenvalue weighted by Crippen LogP contribution is -1.94. The zero-order valence-corrected chi connectivity index (χ0v) is 10.1. The van der Waals surface area contributed by atoms with Gasteiger partial charge in [-0.2, -0.15) is 0 Å². The van der Waals surface area contributed by atoms with Crippen molar-refractivity contribution in [3.8, 4) is 0 Å². The first-order valence-electron chi connectivity index (χ1n) is 5.48. The molecule has 2 aromatic heterocycles. The normalized spacial score (nSPS) is 18.5. The van der Waals surface area contributed by atoms with Gasteiger partial charge in [0.1, 0.15) is 0 Å². The predicted molar refractivity (Wildman–Crippen MR) is 66.6 cm³/mol. The Bertz CT molecular complexity index is 424. The molecule has 1 fully saturated rings. The molecule has 1 saturated carbocycles. The van der Waals surface area contributed by atoms with Crippen LogP contribution >= 0.6 is 22.7 Å². The molecule has 1 unspecified atom stereocenters. The van der Waals surface area contributed by atoms with E-state index in [-0.39, 0.29) is 6.10 Å². The van der Waals surface area contributed by atoms with E-state index in [1.165, 1.54) is 28.7 Å². The van der Waals surface area contributed by atoms with Crippen LogP contribution in [0.2, 0.25) is 0 Å². The first-order chi connectivity index (χ1) is 7.33. The minimum absolute atomic E-state index is 0.227. The van der Waals surface area contributed by atoms with Crippen molar-refractivity contribution in [1.82, 2.24) is 0 Å². The number of aliphatic hydroxyl groups is 1. The molecule has 0 aliphatic heterocycles. The average molecular weight is 238 g/mol. The van der Waals surface area contributed by atoms with Gasteiger partial charge in [-0.15, -0.1) is 22.7 Å². The third-order valence-electron chi connectivity index (χ3n) is 3.03. The van der Waals surface area contributed by atoms with E-state index in [9.17, 15) is 5.11 Å². The van der Waals surface area contributed by atoms with Gasteiger partial charge in [-0.05, 0) is 36.3 Å². The fraction of sp³-hybridized carbons (Fsp3) is 0.500. The molecule has 0 amide bonds. The summed E-state index contributed by atoms with van der Waals surface area (Å²) < 4.78 is 2.64. The molecule has 0 spiro atoms. The lowest BCUT2D eigenvalue weighted by Gasteiger charge is -2.06. The van der Waals surface area contributed by atoms with Gasteiger partial charge >= 0.3 is 0 Å². The average Bonchev–Trinajstić information content (AvgIpc) is 2.79. The predicted octanol–water partition coefficient (Wildman–Crippen LogP) is 4.19. The molecule has 2 heterocycles. The summed E-state index contributed by atoms with van der Waals surface area (Å²) in [6.45, 7) is 0. The summed E-state index contributed by atoms with van der Waals surface area (Å²) in [6.07, 6.45) is 4.68. The lowest BCUT2D eigenvalue weighted by molar-refractivity contribution is 0.166. The molecule has 3 heteroatoms. The fourth-order valence-corrected chi connectivity index (χ4v) is 4.03. The van der Waals surface area contributed by atoms with Crippen LogP contribution in [0.25, 0.3) is 9.40 Å². The molecule has 0 aromatic carbocycles. The summed E-state index contributed by atoms with van der Waals surface area (Å²) in [6, 6.07) is 4.30. The Morgan fingerprint density at radius 2 is 2.27 bits per heavy atom. The third kappa shape index (κ3) is 2.10. The van der Waals surface area contributed by atoms with Gasteiger partial charge in [0.15, 0.2) is 0 Å². The van der Waals surface area contributed by atoms with E-state index in [1.807, 2.05) is 0 Å². The number of thiophene rings is 2. The number of hydrogen-bond donors (Lipinski definition) is 1. The van der Waals surface area contributed by atoms with Crippen molar-refractivity contribution in [2.75, 3.05) is 0 Å². The van der Waals surface area contributed by atoms with Crippen molar-refractivity contribution in [2.24, 2.45) is 5.92 Å². The number of aliphatic hydroxyl groups excluding tert-OH is 1. The second-order valence-corrected chi connectivity index (χ2v) is 6.40. The monoisotopic (exact) mass is 238 g/mol. The van der Waals surface area contributed by atoms with E-state index in [0.29, 0.717) is 0 Å². The van der Waals surface area contributed by atoms with Crippen LogP contribution in [0.3, 0.4) is 0 Å². The summed E-state index contributed by atoms with van der Waals surface area (Å²) >= 11 is 3.51. The summed E-state index contributed by atoms with van der Waals surface area (Å²) in [5.74, 6) is 0.917. The summed E-state index contributed by atoms with van der Waals surface area (Å²) in [4.78, 5) is 1.15. The van der Waals surface area contributed by atoms with Crippen molar-refractivity contribution >= 4 is 32.1 Å². The fourth-order valence-electron chi connectivity index (χ4n) is 1.89. The van der Waals surface area contributed by atoms with E-state index in [0.717, 1.165) is 17.2 Å². The van der Waals surface area contributed by atoms with Crippen molar-refractivity contribution in [2.45, 2.75) is 31.8 Å². The van der Waals surface area contributed by atoms with Gasteiger partial charge in [0, 0.05) is 14.3 Å².